The van der Waals surface area contributed by atoms with Crippen LogP contribution >= 0.6 is 0 Å². The van der Waals surface area contributed by atoms with Crippen LogP contribution in [0.4, 0.5) is 0 Å². The van der Waals surface area contributed by atoms with E-state index in [1.807, 2.05) is 38.2 Å². The maximum absolute atomic E-state index is 12.1. The summed E-state index contributed by atoms with van der Waals surface area (Å²) in [5.41, 5.74) is 2.84. The zero-order valence-electron chi connectivity index (χ0n) is 18.4. The quantitative estimate of drug-likeness (QED) is 0.574. The van der Waals surface area contributed by atoms with Crippen LogP contribution in [0.1, 0.15) is 27.4 Å². The SMILES string of the molecule is CN=C(NCCc1cccc(C(=O)N(C)C)c1)N1CCN(Cc2cc(C)on2)CC1. The highest BCUT2D eigenvalue weighted by atomic mass is 16.5. The van der Waals surface area contributed by atoms with Crippen molar-refractivity contribution in [2.24, 2.45) is 4.99 Å². The Morgan fingerprint density at radius 2 is 2.00 bits per heavy atom. The highest BCUT2D eigenvalue weighted by Gasteiger charge is 2.20. The van der Waals surface area contributed by atoms with Gasteiger partial charge in [-0.3, -0.25) is 14.7 Å². The molecular formula is C22H32N6O2. The first kappa shape index (κ1) is 21.8. The van der Waals surface area contributed by atoms with Gasteiger partial charge >= 0.3 is 0 Å². The number of hydrogen-bond donors (Lipinski definition) is 1. The van der Waals surface area contributed by atoms with Crippen LogP contribution in [0, 0.1) is 6.92 Å². The summed E-state index contributed by atoms with van der Waals surface area (Å²) in [6.07, 6.45) is 0.832. The fourth-order valence-electron chi connectivity index (χ4n) is 3.61. The number of hydrogen-bond acceptors (Lipinski definition) is 5. The highest BCUT2D eigenvalue weighted by Crippen LogP contribution is 2.10. The van der Waals surface area contributed by atoms with Crippen molar-refractivity contribution in [3.63, 3.8) is 0 Å². The number of carbonyl (C=O) groups excluding carboxylic acids is 1. The number of rotatable bonds is 6. The summed E-state index contributed by atoms with van der Waals surface area (Å²) in [5.74, 6) is 1.80. The van der Waals surface area contributed by atoms with Crippen molar-refractivity contribution < 1.29 is 9.32 Å². The molecule has 0 spiro atoms. The summed E-state index contributed by atoms with van der Waals surface area (Å²) in [5, 5.41) is 7.55. The number of carbonyl (C=O) groups is 1. The number of piperazine rings is 1. The molecule has 1 aromatic carbocycles. The van der Waals surface area contributed by atoms with E-state index in [9.17, 15) is 4.79 Å². The van der Waals surface area contributed by atoms with Gasteiger partial charge in [-0.05, 0) is 31.0 Å². The van der Waals surface area contributed by atoms with Crippen LogP contribution in [0.3, 0.4) is 0 Å². The molecule has 0 radical (unpaired) electrons. The van der Waals surface area contributed by atoms with E-state index >= 15 is 0 Å². The molecule has 1 aliphatic rings. The van der Waals surface area contributed by atoms with E-state index in [0.29, 0.717) is 0 Å². The molecule has 8 nitrogen and oxygen atoms in total. The molecule has 0 atom stereocenters. The zero-order valence-corrected chi connectivity index (χ0v) is 18.4. The molecule has 0 aliphatic carbocycles. The third-order valence-electron chi connectivity index (χ3n) is 5.22. The summed E-state index contributed by atoms with van der Waals surface area (Å²) in [6.45, 7) is 7.26. The first-order valence-corrected chi connectivity index (χ1v) is 10.4. The van der Waals surface area contributed by atoms with Crippen LogP contribution < -0.4 is 5.32 Å². The van der Waals surface area contributed by atoms with Gasteiger partial charge in [0.25, 0.3) is 5.91 Å². The van der Waals surface area contributed by atoms with Crippen molar-refractivity contribution in [1.29, 1.82) is 0 Å². The van der Waals surface area contributed by atoms with Gasteiger partial charge < -0.3 is 19.6 Å². The first-order chi connectivity index (χ1) is 14.5. The number of nitrogens with one attached hydrogen (secondary N) is 1. The molecule has 0 bridgehead atoms. The van der Waals surface area contributed by atoms with Crippen LogP contribution in [-0.4, -0.2) is 85.6 Å². The molecular weight excluding hydrogens is 380 g/mol. The molecule has 2 aromatic rings. The standard InChI is InChI=1S/C22H32N6O2/c1-17-14-20(25-30-17)16-27-10-12-28(13-11-27)22(23-2)24-9-8-18-6-5-7-19(15-18)21(29)26(3)4/h5-7,14-15H,8-13,16H2,1-4H3,(H,23,24). The van der Waals surface area contributed by atoms with Gasteiger partial charge in [0, 0.05) is 72.0 Å². The van der Waals surface area contributed by atoms with E-state index in [0.717, 1.165) is 74.2 Å². The second-order valence-electron chi connectivity index (χ2n) is 7.82. The van der Waals surface area contributed by atoms with E-state index < -0.39 is 0 Å². The number of aromatic nitrogens is 1. The Bertz CT molecular complexity index is 868. The van der Waals surface area contributed by atoms with Gasteiger partial charge in [0.15, 0.2) is 5.96 Å². The normalized spacial score (nSPS) is 15.3. The van der Waals surface area contributed by atoms with E-state index in [2.05, 4.69) is 31.3 Å². The third-order valence-corrected chi connectivity index (χ3v) is 5.22. The van der Waals surface area contributed by atoms with E-state index in [-0.39, 0.29) is 5.91 Å². The van der Waals surface area contributed by atoms with Crippen molar-refractivity contribution in [2.45, 2.75) is 19.9 Å². The molecule has 1 N–H and O–H groups in total. The summed E-state index contributed by atoms with van der Waals surface area (Å²) in [6, 6.07) is 9.82. The fourth-order valence-corrected chi connectivity index (χ4v) is 3.61. The van der Waals surface area contributed by atoms with Crippen molar-refractivity contribution in [3.8, 4) is 0 Å². The lowest BCUT2D eigenvalue weighted by Crippen LogP contribution is -2.52. The van der Waals surface area contributed by atoms with Gasteiger partial charge in [0.2, 0.25) is 0 Å². The lowest BCUT2D eigenvalue weighted by molar-refractivity contribution is 0.0827. The maximum atomic E-state index is 12.1. The van der Waals surface area contributed by atoms with E-state index in [4.69, 9.17) is 4.52 Å². The number of benzene rings is 1. The average molecular weight is 413 g/mol. The predicted molar refractivity (Wildman–Crippen MR) is 118 cm³/mol. The molecule has 1 aromatic heterocycles. The summed E-state index contributed by atoms with van der Waals surface area (Å²) in [4.78, 5) is 22.9. The van der Waals surface area contributed by atoms with Gasteiger partial charge in [-0.2, -0.15) is 0 Å². The Balaban J connectivity index is 1.45. The van der Waals surface area contributed by atoms with Gasteiger partial charge in [-0.25, -0.2) is 0 Å². The Labute approximate surface area is 178 Å². The van der Waals surface area contributed by atoms with Crippen molar-refractivity contribution in [1.82, 2.24) is 25.2 Å². The molecule has 162 valence electrons. The van der Waals surface area contributed by atoms with Gasteiger partial charge in [-0.15, -0.1) is 0 Å². The van der Waals surface area contributed by atoms with Gasteiger partial charge in [0.1, 0.15) is 5.76 Å². The molecule has 1 saturated heterocycles. The van der Waals surface area contributed by atoms with E-state index in [1.165, 1.54) is 0 Å². The van der Waals surface area contributed by atoms with Gasteiger partial charge in [-0.1, -0.05) is 17.3 Å². The molecule has 3 rings (SSSR count). The first-order valence-electron chi connectivity index (χ1n) is 10.4. The van der Waals surface area contributed by atoms with Crippen molar-refractivity contribution in [2.75, 3.05) is 53.9 Å². The Hall–Kier alpha value is -2.87. The average Bonchev–Trinajstić information content (AvgIpc) is 3.16. The predicted octanol–water partition coefficient (Wildman–Crippen LogP) is 1.62. The van der Waals surface area contributed by atoms with Crippen LogP contribution in [-0.2, 0) is 13.0 Å². The van der Waals surface area contributed by atoms with Crippen molar-refractivity contribution in [3.05, 3.63) is 52.9 Å². The largest absolute Gasteiger partial charge is 0.361 e. The number of amides is 1. The van der Waals surface area contributed by atoms with Gasteiger partial charge in [0.05, 0.1) is 5.69 Å². The Morgan fingerprint density at radius 1 is 1.23 bits per heavy atom. The monoisotopic (exact) mass is 412 g/mol. The minimum atomic E-state index is 0.0271. The molecule has 30 heavy (non-hydrogen) atoms. The van der Waals surface area contributed by atoms with E-state index in [1.54, 1.807) is 19.0 Å². The number of aryl methyl sites for hydroxylation is 1. The minimum absolute atomic E-state index is 0.0271. The van der Waals surface area contributed by atoms with Crippen LogP contribution in [0.2, 0.25) is 0 Å². The molecule has 1 aliphatic heterocycles. The molecule has 0 saturated carbocycles. The molecule has 2 heterocycles. The Morgan fingerprint density at radius 3 is 2.63 bits per heavy atom. The summed E-state index contributed by atoms with van der Waals surface area (Å²) in [7, 11) is 5.36. The fraction of sp³-hybridized carbons (Fsp3) is 0.500. The summed E-state index contributed by atoms with van der Waals surface area (Å²) < 4.78 is 5.16. The lowest BCUT2D eigenvalue weighted by Gasteiger charge is -2.36. The summed E-state index contributed by atoms with van der Waals surface area (Å²) >= 11 is 0. The Kier molecular flexibility index (Phi) is 7.46. The molecule has 0 unspecified atom stereocenters. The van der Waals surface area contributed by atoms with Crippen LogP contribution in [0.15, 0.2) is 39.8 Å². The number of guanidine groups is 1. The molecule has 1 amide bonds. The third kappa shape index (κ3) is 5.82. The molecule has 8 heteroatoms. The zero-order chi connectivity index (χ0) is 21.5. The lowest BCUT2D eigenvalue weighted by atomic mass is 10.1. The number of aliphatic imine (C=N–C) groups is 1. The topological polar surface area (TPSA) is 77.2 Å². The van der Waals surface area contributed by atoms with Crippen LogP contribution in [0.25, 0.3) is 0 Å². The molecule has 1 fully saturated rings. The second-order valence-corrected chi connectivity index (χ2v) is 7.82. The van der Waals surface area contributed by atoms with Crippen molar-refractivity contribution >= 4 is 11.9 Å². The maximum Gasteiger partial charge on any atom is 0.253 e. The minimum Gasteiger partial charge on any atom is -0.361 e. The van der Waals surface area contributed by atoms with Crippen LogP contribution in [0.5, 0.6) is 0 Å². The number of nitrogens with zero attached hydrogens (tertiary/aromatic N) is 5. The second kappa shape index (κ2) is 10.2. The smallest absolute Gasteiger partial charge is 0.253 e. The highest BCUT2D eigenvalue weighted by molar-refractivity contribution is 5.94.